The number of nitrogens with two attached hydrogens (primary N) is 1. The van der Waals surface area contributed by atoms with Crippen molar-refractivity contribution in [2.24, 2.45) is 0 Å². The van der Waals surface area contributed by atoms with Crippen LogP contribution in [0.3, 0.4) is 0 Å². The van der Waals surface area contributed by atoms with E-state index in [2.05, 4.69) is 15.0 Å². The van der Waals surface area contributed by atoms with Crippen LogP contribution >= 0.6 is 11.6 Å². The molecule has 0 radical (unpaired) electrons. The fourth-order valence-corrected chi connectivity index (χ4v) is 1.63. The van der Waals surface area contributed by atoms with Gasteiger partial charge in [-0.25, -0.2) is 9.97 Å². The molecule has 2 aromatic heterocycles. The minimum absolute atomic E-state index is 0.194. The summed E-state index contributed by atoms with van der Waals surface area (Å²) in [6, 6.07) is 1.50. The molecule has 0 saturated carbocycles. The van der Waals surface area contributed by atoms with Crippen molar-refractivity contribution >= 4 is 23.3 Å². The summed E-state index contributed by atoms with van der Waals surface area (Å²) in [6.07, 6.45) is 4.74. The fraction of sp³-hybridized carbons (Fsp3) is 0.182. The van der Waals surface area contributed by atoms with Gasteiger partial charge in [-0.3, -0.25) is 4.79 Å². The lowest BCUT2D eigenvalue weighted by Gasteiger charge is -2.15. The van der Waals surface area contributed by atoms with E-state index in [1.54, 1.807) is 19.4 Å². The number of carbonyl (C=O) groups excluding carboxylic acids is 1. The number of imidazole rings is 1. The van der Waals surface area contributed by atoms with E-state index in [-0.39, 0.29) is 16.7 Å². The van der Waals surface area contributed by atoms with Crippen molar-refractivity contribution in [1.29, 1.82) is 0 Å². The van der Waals surface area contributed by atoms with Crippen molar-refractivity contribution in [2.75, 3.05) is 12.8 Å². The predicted octanol–water partition coefficient (Wildman–Crippen LogP) is 1.31. The lowest BCUT2D eigenvalue weighted by Crippen LogP contribution is -2.26. The van der Waals surface area contributed by atoms with E-state index in [0.717, 1.165) is 0 Å². The van der Waals surface area contributed by atoms with E-state index in [0.29, 0.717) is 17.9 Å². The van der Waals surface area contributed by atoms with E-state index >= 15 is 0 Å². The summed E-state index contributed by atoms with van der Waals surface area (Å²) in [4.78, 5) is 24.4. The summed E-state index contributed by atoms with van der Waals surface area (Å²) >= 11 is 5.83. The molecule has 0 aliphatic carbocycles. The third-order valence-electron chi connectivity index (χ3n) is 2.41. The van der Waals surface area contributed by atoms with Crippen LogP contribution in [-0.2, 0) is 6.54 Å². The van der Waals surface area contributed by atoms with Gasteiger partial charge in [0.1, 0.15) is 11.6 Å². The van der Waals surface area contributed by atoms with Crippen LogP contribution in [-0.4, -0.2) is 32.8 Å². The first kappa shape index (κ1) is 12.4. The number of halogens is 1. The Labute approximate surface area is 109 Å². The Morgan fingerprint density at radius 2 is 2.33 bits per heavy atom. The molecule has 6 nitrogen and oxygen atoms in total. The summed E-state index contributed by atoms with van der Waals surface area (Å²) in [7, 11) is 1.68. The van der Waals surface area contributed by atoms with Crippen LogP contribution in [0.25, 0.3) is 0 Å². The van der Waals surface area contributed by atoms with Gasteiger partial charge >= 0.3 is 0 Å². The molecule has 2 aromatic rings. The van der Waals surface area contributed by atoms with E-state index in [9.17, 15) is 4.79 Å². The highest BCUT2D eigenvalue weighted by Gasteiger charge is 2.14. The minimum Gasteiger partial charge on any atom is -0.382 e. The zero-order chi connectivity index (χ0) is 13.1. The largest absolute Gasteiger partial charge is 0.382 e. The number of H-pyrrole nitrogens is 1. The summed E-state index contributed by atoms with van der Waals surface area (Å²) in [5, 5.41) is 0.271. The van der Waals surface area contributed by atoms with Gasteiger partial charge in [-0.1, -0.05) is 11.6 Å². The zero-order valence-electron chi connectivity index (χ0n) is 9.72. The molecular weight excluding hydrogens is 254 g/mol. The van der Waals surface area contributed by atoms with Crippen LogP contribution in [0.1, 0.15) is 16.2 Å². The van der Waals surface area contributed by atoms with Gasteiger partial charge in [0.25, 0.3) is 5.91 Å². The molecule has 3 N–H and O–H groups in total. The monoisotopic (exact) mass is 265 g/mol. The maximum atomic E-state index is 12.1. The second kappa shape index (κ2) is 5.05. The molecule has 0 bridgehead atoms. The van der Waals surface area contributed by atoms with Crippen LogP contribution in [0.5, 0.6) is 0 Å². The van der Waals surface area contributed by atoms with Crippen molar-refractivity contribution in [3.63, 3.8) is 0 Å². The Bertz CT molecular complexity index is 555. The number of aromatic amines is 1. The normalized spacial score (nSPS) is 10.3. The van der Waals surface area contributed by atoms with Gasteiger partial charge in [-0.2, -0.15) is 0 Å². The lowest BCUT2D eigenvalue weighted by molar-refractivity contribution is 0.0781. The molecule has 94 valence electrons. The van der Waals surface area contributed by atoms with Gasteiger partial charge < -0.3 is 15.6 Å². The molecule has 0 atom stereocenters. The first-order chi connectivity index (χ1) is 8.58. The molecular formula is C11H12ClN5O. The van der Waals surface area contributed by atoms with Gasteiger partial charge in [0, 0.05) is 25.6 Å². The van der Waals surface area contributed by atoms with Gasteiger partial charge in [0.2, 0.25) is 0 Å². The highest BCUT2D eigenvalue weighted by molar-refractivity contribution is 6.33. The predicted molar refractivity (Wildman–Crippen MR) is 68.0 cm³/mol. The SMILES string of the molecule is CN(Cc1ncc[nH]1)C(=O)c1cnc(N)c(Cl)c1. The van der Waals surface area contributed by atoms with Gasteiger partial charge in [0.05, 0.1) is 17.1 Å². The second-order valence-electron chi connectivity index (χ2n) is 3.79. The van der Waals surface area contributed by atoms with Crippen molar-refractivity contribution in [1.82, 2.24) is 19.9 Å². The van der Waals surface area contributed by atoms with Gasteiger partial charge in [-0.05, 0) is 6.07 Å². The Morgan fingerprint density at radius 3 is 2.94 bits per heavy atom. The number of amides is 1. The Balaban J connectivity index is 2.12. The zero-order valence-corrected chi connectivity index (χ0v) is 10.5. The van der Waals surface area contributed by atoms with Crippen LogP contribution in [0.2, 0.25) is 5.02 Å². The average Bonchev–Trinajstić information content (AvgIpc) is 2.84. The third kappa shape index (κ3) is 2.60. The molecule has 0 saturated heterocycles. The standard InChI is InChI=1S/C11H12ClN5O/c1-17(6-9-14-2-3-15-9)11(18)7-4-8(12)10(13)16-5-7/h2-5H,6H2,1H3,(H2,13,16)(H,14,15). The highest BCUT2D eigenvalue weighted by Crippen LogP contribution is 2.17. The van der Waals surface area contributed by atoms with Gasteiger partial charge in [0.15, 0.2) is 0 Å². The summed E-state index contributed by atoms with van der Waals surface area (Å²) in [5.41, 5.74) is 5.88. The van der Waals surface area contributed by atoms with Crippen molar-refractivity contribution in [3.05, 3.63) is 41.1 Å². The minimum atomic E-state index is -0.194. The van der Waals surface area contributed by atoms with Crippen LogP contribution in [0.15, 0.2) is 24.7 Å². The number of anilines is 1. The van der Waals surface area contributed by atoms with Gasteiger partial charge in [-0.15, -0.1) is 0 Å². The molecule has 1 amide bonds. The molecule has 0 spiro atoms. The number of aromatic nitrogens is 3. The van der Waals surface area contributed by atoms with Crippen LogP contribution in [0.4, 0.5) is 5.82 Å². The molecule has 2 heterocycles. The number of nitrogens with zero attached hydrogens (tertiary/aromatic N) is 3. The Hall–Kier alpha value is -2.08. The summed E-state index contributed by atoms with van der Waals surface area (Å²) in [6.45, 7) is 0.383. The number of hydrogen-bond acceptors (Lipinski definition) is 4. The lowest BCUT2D eigenvalue weighted by atomic mass is 10.2. The topological polar surface area (TPSA) is 87.9 Å². The summed E-state index contributed by atoms with van der Waals surface area (Å²) < 4.78 is 0. The first-order valence-corrected chi connectivity index (χ1v) is 5.60. The number of rotatable bonds is 3. The first-order valence-electron chi connectivity index (χ1n) is 5.22. The van der Waals surface area contributed by atoms with E-state index < -0.39 is 0 Å². The average molecular weight is 266 g/mol. The highest BCUT2D eigenvalue weighted by atomic mass is 35.5. The number of carbonyl (C=O) groups is 1. The molecule has 0 aliphatic heterocycles. The molecule has 18 heavy (non-hydrogen) atoms. The number of nitrogen functional groups attached to an aromatic ring is 1. The Morgan fingerprint density at radius 1 is 1.56 bits per heavy atom. The Kier molecular flexibility index (Phi) is 3.47. The maximum absolute atomic E-state index is 12.1. The smallest absolute Gasteiger partial charge is 0.255 e. The number of nitrogens with one attached hydrogen (secondary N) is 1. The van der Waals surface area contributed by atoms with E-state index in [4.69, 9.17) is 17.3 Å². The number of pyridine rings is 1. The molecule has 2 rings (SSSR count). The molecule has 0 aromatic carbocycles. The van der Waals surface area contributed by atoms with E-state index in [1.165, 1.54) is 17.2 Å². The van der Waals surface area contributed by atoms with E-state index in [1.807, 2.05) is 0 Å². The second-order valence-corrected chi connectivity index (χ2v) is 4.20. The van der Waals surface area contributed by atoms with Crippen molar-refractivity contribution < 1.29 is 4.79 Å². The van der Waals surface area contributed by atoms with Crippen molar-refractivity contribution in [2.45, 2.75) is 6.54 Å². The van der Waals surface area contributed by atoms with Crippen molar-refractivity contribution in [3.8, 4) is 0 Å². The fourth-order valence-electron chi connectivity index (χ4n) is 1.47. The molecule has 0 unspecified atom stereocenters. The number of hydrogen-bond donors (Lipinski definition) is 2. The molecule has 0 aliphatic rings. The summed E-state index contributed by atoms with van der Waals surface area (Å²) in [5.74, 6) is 0.725. The molecule has 7 heteroatoms. The quantitative estimate of drug-likeness (QED) is 0.876. The molecule has 0 fully saturated rings. The maximum Gasteiger partial charge on any atom is 0.255 e. The third-order valence-corrected chi connectivity index (χ3v) is 2.71. The van der Waals surface area contributed by atoms with Crippen LogP contribution < -0.4 is 5.73 Å². The van der Waals surface area contributed by atoms with Crippen LogP contribution in [0, 0.1) is 0 Å².